The first kappa shape index (κ1) is 37.6. The second-order valence-corrected chi connectivity index (χ2v) is 11.8. The molecule has 2 aromatic rings. The molecule has 3 heterocycles. The van der Waals surface area contributed by atoms with Crippen LogP contribution in [0, 0.1) is 0 Å². The van der Waals surface area contributed by atoms with Crippen molar-refractivity contribution < 1.29 is 42.9 Å². The van der Waals surface area contributed by atoms with Crippen LogP contribution in [0.2, 0.25) is 5.15 Å². The maximum atomic E-state index is 13.6. The van der Waals surface area contributed by atoms with E-state index < -0.39 is 60.4 Å². The number of carbonyl (C=O) groups excluding carboxylic acids is 5. The van der Waals surface area contributed by atoms with E-state index >= 15 is 0 Å². The van der Waals surface area contributed by atoms with Crippen LogP contribution in [-0.4, -0.2) is 80.2 Å². The number of anilines is 1. The first-order valence-corrected chi connectivity index (χ1v) is 16.4. The third-order valence-corrected chi connectivity index (χ3v) is 7.72. The lowest BCUT2D eigenvalue weighted by Crippen LogP contribution is -2.63. The Morgan fingerprint density at radius 3 is 1.94 bits per heavy atom. The molecule has 2 N–H and O–H groups in total. The minimum atomic E-state index is -1.50. The summed E-state index contributed by atoms with van der Waals surface area (Å²) < 4.78 is 24.1. The molecule has 0 saturated carbocycles. The van der Waals surface area contributed by atoms with E-state index in [-0.39, 0.29) is 22.3 Å². The maximum absolute atomic E-state index is 13.6. The highest BCUT2D eigenvalue weighted by Crippen LogP contribution is 2.37. The molecule has 0 bridgehead atoms. The molecule has 0 spiro atoms. The highest BCUT2D eigenvalue weighted by molar-refractivity contribution is 6.33. The number of hydrogen-bond donors (Lipinski definition) is 2. The largest absolute Gasteiger partial charge is 0.455 e. The number of halogens is 1. The minimum Gasteiger partial charge on any atom is -0.455 e. The monoisotopic (exact) mass is 680 g/mol. The van der Waals surface area contributed by atoms with Crippen LogP contribution in [0.15, 0.2) is 6.33 Å². The van der Waals surface area contributed by atoms with Gasteiger partial charge in [0, 0.05) is 34.2 Å². The van der Waals surface area contributed by atoms with Crippen LogP contribution in [0.1, 0.15) is 105 Å². The number of unbranched alkanes of at least 4 members (excludes halogenated alkanes) is 9. The van der Waals surface area contributed by atoms with Crippen LogP contribution in [0.4, 0.5) is 5.95 Å². The second kappa shape index (κ2) is 18.5. The van der Waals surface area contributed by atoms with E-state index in [1.165, 1.54) is 56.3 Å². The highest BCUT2D eigenvalue weighted by Gasteiger charge is 2.55. The summed E-state index contributed by atoms with van der Waals surface area (Å²) in [5, 5.41) is 5.12. The molecular formula is C31H45ClN6O9. The summed E-state index contributed by atoms with van der Waals surface area (Å²) in [5.74, 6) is -3.50. The van der Waals surface area contributed by atoms with Gasteiger partial charge in [-0.3, -0.25) is 33.9 Å². The van der Waals surface area contributed by atoms with Crippen molar-refractivity contribution in [2.45, 2.75) is 129 Å². The normalized spacial score (nSPS) is 20.8. The summed E-state index contributed by atoms with van der Waals surface area (Å²) in [6.07, 6.45) is 5.26. The molecule has 15 nitrogen and oxygen atoms in total. The van der Waals surface area contributed by atoms with Gasteiger partial charge in [0.05, 0.1) is 0 Å². The van der Waals surface area contributed by atoms with Gasteiger partial charge in [-0.1, -0.05) is 76.3 Å². The van der Waals surface area contributed by atoms with Gasteiger partial charge in [0.25, 0.3) is 5.91 Å². The van der Waals surface area contributed by atoms with E-state index in [1.54, 1.807) is 0 Å². The van der Waals surface area contributed by atoms with Crippen molar-refractivity contribution in [1.82, 2.24) is 24.8 Å². The smallest absolute Gasteiger partial charge is 0.303 e. The number of ether oxygens (including phenoxy) is 4. The fourth-order valence-electron chi connectivity index (χ4n) is 5.46. The predicted molar refractivity (Wildman–Crippen MR) is 170 cm³/mol. The number of hydrogen-bond acceptors (Lipinski definition) is 12. The molecule has 47 heavy (non-hydrogen) atoms. The van der Waals surface area contributed by atoms with Gasteiger partial charge in [0.2, 0.25) is 11.9 Å². The number of rotatable bonds is 17. The van der Waals surface area contributed by atoms with Crippen LogP contribution in [-0.2, 0) is 42.9 Å². The molecule has 2 amide bonds. The van der Waals surface area contributed by atoms with Gasteiger partial charge < -0.3 is 24.3 Å². The third kappa shape index (κ3) is 11.1. The molecule has 1 aliphatic rings. The number of fused-ring (bicyclic) bond motifs is 1. The fourth-order valence-corrected chi connectivity index (χ4v) is 5.72. The molecule has 2 aromatic heterocycles. The Hall–Kier alpha value is -3.85. The van der Waals surface area contributed by atoms with Crippen LogP contribution in [0.3, 0.4) is 0 Å². The number of esters is 3. The molecule has 0 unspecified atom stereocenters. The average molecular weight is 681 g/mol. The lowest BCUT2D eigenvalue weighted by molar-refractivity contribution is -0.258. The standard InChI is InChI=1S/C31H45ClN6O9/c1-6-7-8-9-10-11-12-13-14-15-16-33-29(43)25-23(44-19(3)40)24(45-20(4)41)26(46-21(5)42)30(47-25)38-17-34-28-22(38)27(32)36-31(37-28)35-18(2)39/h17,23-26,30H,6-16H2,1-5H3,(H,33,43)(H,35,36,37,39)/t23-,24-,25-,26+,30+/m0/s1. The Balaban J connectivity index is 1.85. The summed E-state index contributed by atoms with van der Waals surface area (Å²) >= 11 is 6.48. The van der Waals surface area contributed by atoms with Crippen molar-refractivity contribution in [2.75, 3.05) is 11.9 Å². The van der Waals surface area contributed by atoms with Gasteiger partial charge in [-0.15, -0.1) is 0 Å². The maximum Gasteiger partial charge on any atom is 0.303 e. The fraction of sp³-hybridized carbons (Fsp3) is 0.677. The van der Waals surface area contributed by atoms with E-state index in [0.717, 1.165) is 46.5 Å². The summed E-state index contributed by atoms with van der Waals surface area (Å²) in [6, 6.07) is 0. The lowest BCUT2D eigenvalue weighted by Gasteiger charge is -2.44. The number of nitrogens with one attached hydrogen (secondary N) is 2. The number of nitrogens with zero attached hydrogens (tertiary/aromatic N) is 4. The Labute approximate surface area is 278 Å². The molecule has 0 radical (unpaired) electrons. The van der Waals surface area contributed by atoms with Gasteiger partial charge in [0.1, 0.15) is 11.8 Å². The number of amides is 2. The first-order chi connectivity index (χ1) is 22.4. The number of imidazole rings is 1. The molecule has 1 saturated heterocycles. The molecule has 1 aliphatic heterocycles. The van der Waals surface area contributed by atoms with Crippen molar-refractivity contribution in [3.63, 3.8) is 0 Å². The highest BCUT2D eigenvalue weighted by atomic mass is 35.5. The Morgan fingerprint density at radius 2 is 1.36 bits per heavy atom. The van der Waals surface area contributed by atoms with Gasteiger partial charge in [0.15, 0.2) is 41.4 Å². The van der Waals surface area contributed by atoms with Gasteiger partial charge >= 0.3 is 17.9 Å². The van der Waals surface area contributed by atoms with Crippen molar-refractivity contribution in [2.24, 2.45) is 0 Å². The van der Waals surface area contributed by atoms with Crippen LogP contribution < -0.4 is 10.6 Å². The third-order valence-electron chi connectivity index (χ3n) is 7.45. The second-order valence-electron chi connectivity index (χ2n) is 11.5. The van der Waals surface area contributed by atoms with E-state index in [4.69, 9.17) is 30.5 Å². The summed E-state index contributed by atoms with van der Waals surface area (Å²) in [4.78, 5) is 74.4. The van der Waals surface area contributed by atoms with Crippen LogP contribution >= 0.6 is 11.6 Å². The van der Waals surface area contributed by atoms with Crippen molar-refractivity contribution in [3.05, 3.63) is 11.5 Å². The first-order valence-electron chi connectivity index (χ1n) is 16.0. The topological polar surface area (TPSA) is 190 Å². The molecule has 260 valence electrons. The van der Waals surface area contributed by atoms with Crippen molar-refractivity contribution >= 4 is 58.4 Å². The summed E-state index contributed by atoms with van der Waals surface area (Å²) in [5.41, 5.74) is 0.159. The molecule has 0 aromatic carbocycles. The quantitative estimate of drug-likeness (QED) is 0.105. The molecule has 16 heteroatoms. The summed E-state index contributed by atoms with van der Waals surface area (Å²) in [7, 11) is 0. The molecule has 1 fully saturated rings. The molecule has 3 rings (SSSR count). The average Bonchev–Trinajstić information content (AvgIpc) is 3.40. The zero-order valence-electron chi connectivity index (χ0n) is 27.6. The van der Waals surface area contributed by atoms with Gasteiger partial charge in [-0.25, -0.2) is 4.98 Å². The lowest BCUT2D eigenvalue weighted by atomic mass is 9.96. The van der Waals surface area contributed by atoms with Crippen molar-refractivity contribution in [1.29, 1.82) is 0 Å². The van der Waals surface area contributed by atoms with E-state index in [9.17, 15) is 24.0 Å². The summed E-state index contributed by atoms with van der Waals surface area (Å²) in [6.45, 7) is 7.19. The number of aromatic nitrogens is 4. The Kier molecular flexibility index (Phi) is 14.8. The zero-order chi connectivity index (χ0) is 34.5. The van der Waals surface area contributed by atoms with E-state index in [2.05, 4.69) is 32.5 Å². The number of carbonyl (C=O) groups is 5. The molecule has 5 atom stereocenters. The predicted octanol–water partition coefficient (Wildman–Crippen LogP) is 4.17. The Bertz CT molecular complexity index is 1400. The van der Waals surface area contributed by atoms with Crippen LogP contribution in [0.5, 0.6) is 0 Å². The molecular weight excluding hydrogens is 636 g/mol. The van der Waals surface area contributed by atoms with E-state index in [1.807, 2.05) is 0 Å². The zero-order valence-corrected chi connectivity index (χ0v) is 28.3. The van der Waals surface area contributed by atoms with Gasteiger partial charge in [-0.2, -0.15) is 9.97 Å². The van der Waals surface area contributed by atoms with Crippen LogP contribution in [0.25, 0.3) is 11.2 Å². The molecule has 0 aliphatic carbocycles. The minimum absolute atomic E-state index is 0.0482. The Morgan fingerprint density at radius 1 is 0.809 bits per heavy atom. The SMILES string of the molecule is CCCCCCCCCCCCNC(=O)[C@H]1O[C@@H](n2cnc3nc(NC(C)=O)nc(Cl)c32)[C@H](OC(C)=O)[C@@H](OC(C)=O)[C@@H]1OC(C)=O. The van der Waals surface area contributed by atoms with Gasteiger partial charge in [-0.05, 0) is 6.42 Å². The van der Waals surface area contributed by atoms with Crippen molar-refractivity contribution in [3.8, 4) is 0 Å². The van der Waals surface area contributed by atoms with E-state index in [0.29, 0.717) is 6.54 Å².